The van der Waals surface area contributed by atoms with Crippen LogP contribution in [0.1, 0.15) is 23.2 Å². The Morgan fingerprint density at radius 1 is 1.32 bits per heavy atom. The zero-order chi connectivity index (χ0) is 19.3. The number of anilines is 1. The molecule has 1 spiro atoms. The maximum atomic E-state index is 12.3. The number of carbonyl (C=O) groups excluding carboxylic acids is 1. The van der Waals surface area contributed by atoms with E-state index in [-0.39, 0.29) is 17.4 Å². The number of pyridine rings is 1. The van der Waals surface area contributed by atoms with Crippen molar-refractivity contribution < 1.29 is 13.9 Å². The predicted molar refractivity (Wildman–Crippen MR) is 105 cm³/mol. The molecule has 2 aliphatic rings. The van der Waals surface area contributed by atoms with Crippen LogP contribution in [-0.2, 0) is 0 Å². The number of nitrogens with zero attached hydrogens (tertiary/aromatic N) is 3. The highest BCUT2D eigenvalue weighted by Gasteiger charge is 2.53. The molecule has 28 heavy (non-hydrogen) atoms. The number of oxazole rings is 1. The van der Waals surface area contributed by atoms with Crippen LogP contribution in [0.3, 0.4) is 0 Å². The second-order valence-corrected chi connectivity index (χ2v) is 8.07. The summed E-state index contributed by atoms with van der Waals surface area (Å²) in [4.78, 5) is 23.1. The molecule has 2 fully saturated rings. The largest absolute Gasteiger partial charge is 0.481 e. The van der Waals surface area contributed by atoms with Crippen LogP contribution in [0.15, 0.2) is 40.9 Å². The van der Waals surface area contributed by atoms with E-state index in [1.54, 1.807) is 25.3 Å². The Labute approximate surface area is 166 Å². The Morgan fingerprint density at radius 3 is 2.86 bits per heavy atom. The molecule has 8 heteroatoms. The smallest absolute Gasteiger partial charge is 0.298 e. The van der Waals surface area contributed by atoms with Crippen LogP contribution in [0.25, 0.3) is 11.1 Å². The molecular formula is C20H19ClN4O3. The molecule has 0 bridgehead atoms. The SMILES string of the molecule is COc1ccc(C(=O)NC2CC3(C2)CN(c2nc4cc(Cl)ccc4o2)C3)cn1. The minimum Gasteiger partial charge on any atom is -0.481 e. The van der Waals surface area contributed by atoms with Crippen molar-refractivity contribution in [1.82, 2.24) is 15.3 Å². The van der Waals surface area contributed by atoms with Crippen LogP contribution in [0, 0.1) is 5.41 Å². The van der Waals surface area contributed by atoms with Gasteiger partial charge < -0.3 is 19.4 Å². The standard InChI is InChI=1S/C20H19ClN4O3/c1-27-17-5-2-12(9-22-17)18(26)23-14-7-20(8-14)10-25(11-20)19-24-15-6-13(21)3-4-16(15)28-19/h2-6,9,14H,7-8,10-11H2,1H3,(H,23,26). The Hall–Kier alpha value is -2.80. The summed E-state index contributed by atoms with van der Waals surface area (Å²) >= 11 is 6.01. The van der Waals surface area contributed by atoms with Crippen LogP contribution in [0.5, 0.6) is 5.88 Å². The Balaban J connectivity index is 1.15. The molecule has 0 unspecified atom stereocenters. The second kappa shape index (κ2) is 6.38. The summed E-state index contributed by atoms with van der Waals surface area (Å²) in [6.45, 7) is 1.79. The highest BCUT2D eigenvalue weighted by Crippen LogP contribution is 2.49. The number of fused-ring (bicyclic) bond motifs is 1. The first kappa shape index (κ1) is 17.3. The molecule has 144 valence electrons. The number of methoxy groups -OCH3 is 1. The van der Waals surface area contributed by atoms with Crippen LogP contribution >= 0.6 is 11.6 Å². The van der Waals surface area contributed by atoms with Crippen molar-refractivity contribution in [3.8, 4) is 5.88 Å². The minimum absolute atomic E-state index is 0.0954. The summed E-state index contributed by atoms with van der Waals surface area (Å²) in [5, 5.41) is 3.73. The van der Waals surface area contributed by atoms with Crippen LogP contribution < -0.4 is 15.0 Å². The molecule has 1 aromatic carbocycles. The lowest BCUT2D eigenvalue weighted by Gasteiger charge is -2.58. The molecule has 1 aliphatic heterocycles. The predicted octanol–water partition coefficient (Wildman–Crippen LogP) is 3.28. The number of hydrogen-bond acceptors (Lipinski definition) is 6. The summed E-state index contributed by atoms with van der Waals surface area (Å²) in [5.41, 5.74) is 2.30. The fourth-order valence-electron chi connectivity index (χ4n) is 4.17. The average molecular weight is 399 g/mol. The molecule has 1 aliphatic carbocycles. The number of benzene rings is 1. The summed E-state index contributed by atoms with van der Waals surface area (Å²) in [6, 6.07) is 9.69. The quantitative estimate of drug-likeness (QED) is 0.726. The molecule has 5 rings (SSSR count). The van der Waals surface area contributed by atoms with Crippen LogP contribution in [-0.4, -0.2) is 42.1 Å². The van der Waals surface area contributed by atoms with E-state index in [1.165, 1.54) is 6.20 Å². The van der Waals surface area contributed by atoms with Gasteiger partial charge in [0.1, 0.15) is 5.52 Å². The number of rotatable bonds is 4. The van der Waals surface area contributed by atoms with Crippen molar-refractivity contribution >= 4 is 34.6 Å². The fraction of sp³-hybridized carbons (Fsp3) is 0.350. The van der Waals surface area contributed by atoms with Gasteiger partial charge in [0.2, 0.25) is 5.88 Å². The first-order valence-electron chi connectivity index (χ1n) is 9.16. The number of carbonyl (C=O) groups is 1. The van der Waals surface area contributed by atoms with Gasteiger partial charge >= 0.3 is 0 Å². The molecule has 0 radical (unpaired) electrons. The number of ether oxygens (including phenoxy) is 1. The number of nitrogens with one attached hydrogen (secondary N) is 1. The summed E-state index contributed by atoms with van der Waals surface area (Å²) in [5.74, 6) is 0.400. The van der Waals surface area contributed by atoms with E-state index in [4.69, 9.17) is 20.8 Å². The maximum Gasteiger partial charge on any atom is 0.298 e. The Bertz CT molecular complexity index is 1040. The lowest BCUT2D eigenvalue weighted by atomic mass is 9.60. The van der Waals surface area contributed by atoms with Gasteiger partial charge in [-0.2, -0.15) is 4.98 Å². The molecule has 1 amide bonds. The molecule has 7 nitrogen and oxygen atoms in total. The third-order valence-corrected chi connectivity index (χ3v) is 5.80. The monoisotopic (exact) mass is 398 g/mol. The van der Waals surface area contributed by atoms with Crippen molar-refractivity contribution in [2.45, 2.75) is 18.9 Å². The fourth-order valence-corrected chi connectivity index (χ4v) is 4.34. The lowest BCUT2D eigenvalue weighted by molar-refractivity contribution is 0.0414. The Kier molecular flexibility index (Phi) is 3.94. The van der Waals surface area contributed by atoms with Crippen molar-refractivity contribution in [2.75, 3.05) is 25.1 Å². The molecular weight excluding hydrogens is 380 g/mol. The van der Waals surface area contributed by atoms with E-state index in [1.807, 2.05) is 12.1 Å². The average Bonchev–Trinajstić information content (AvgIpc) is 3.05. The highest BCUT2D eigenvalue weighted by molar-refractivity contribution is 6.31. The second-order valence-electron chi connectivity index (χ2n) is 7.63. The molecule has 2 aromatic heterocycles. The van der Waals surface area contributed by atoms with Crippen molar-refractivity contribution in [1.29, 1.82) is 0 Å². The van der Waals surface area contributed by atoms with E-state index in [0.717, 1.165) is 37.0 Å². The molecule has 1 N–H and O–H groups in total. The van der Waals surface area contributed by atoms with Gasteiger partial charge in [-0.1, -0.05) is 11.6 Å². The number of aromatic nitrogens is 2. The van der Waals surface area contributed by atoms with E-state index in [0.29, 0.717) is 22.5 Å². The third-order valence-electron chi connectivity index (χ3n) is 5.56. The zero-order valence-corrected chi connectivity index (χ0v) is 16.1. The Morgan fingerprint density at radius 2 is 2.14 bits per heavy atom. The van der Waals surface area contributed by atoms with Gasteiger partial charge in [-0.3, -0.25) is 4.79 Å². The summed E-state index contributed by atoms with van der Waals surface area (Å²) < 4.78 is 10.8. The van der Waals surface area contributed by atoms with Gasteiger partial charge in [-0.25, -0.2) is 4.98 Å². The normalized spacial score (nSPS) is 18.0. The number of amides is 1. The third kappa shape index (κ3) is 2.96. The van der Waals surface area contributed by atoms with Crippen molar-refractivity contribution in [3.63, 3.8) is 0 Å². The van der Waals surface area contributed by atoms with Gasteiger partial charge in [-0.15, -0.1) is 0 Å². The topological polar surface area (TPSA) is 80.5 Å². The van der Waals surface area contributed by atoms with E-state index in [9.17, 15) is 4.79 Å². The minimum atomic E-state index is -0.0954. The van der Waals surface area contributed by atoms with Gasteiger partial charge in [0.15, 0.2) is 5.58 Å². The van der Waals surface area contributed by atoms with E-state index in [2.05, 4.69) is 20.2 Å². The molecule has 3 heterocycles. The zero-order valence-electron chi connectivity index (χ0n) is 15.3. The van der Waals surface area contributed by atoms with E-state index >= 15 is 0 Å². The maximum absolute atomic E-state index is 12.3. The molecule has 3 aromatic rings. The van der Waals surface area contributed by atoms with Gasteiger partial charge in [0.25, 0.3) is 11.9 Å². The van der Waals surface area contributed by atoms with Crippen LogP contribution in [0.2, 0.25) is 5.02 Å². The first-order chi connectivity index (χ1) is 13.5. The first-order valence-corrected chi connectivity index (χ1v) is 9.53. The van der Waals surface area contributed by atoms with Gasteiger partial charge in [0.05, 0.1) is 12.7 Å². The number of hydrogen-bond donors (Lipinski definition) is 1. The van der Waals surface area contributed by atoms with Gasteiger partial charge in [-0.05, 0) is 37.1 Å². The number of halogens is 1. The van der Waals surface area contributed by atoms with Crippen LogP contribution in [0.4, 0.5) is 6.01 Å². The summed E-state index contributed by atoms with van der Waals surface area (Å²) in [6.07, 6.45) is 3.46. The van der Waals surface area contributed by atoms with Crippen molar-refractivity contribution in [2.24, 2.45) is 5.41 Å². The van der Waals surface area contributed by atoms with Gasteiger partial charge in [0, 0.05) is 41.8 Å². The molecule has 0 atom stereocenters. The van der Waals surface area contributed by atoms with E-state index < -0.39 is 0 Å². The molecule has 1 saturated heterocycles. The highest BCUT2D eigenvalue weighted by atomic mass is 35.5. The summed E-state index contributed by atoms with van der Waals surface area (Å²) in [7, 11) is 1.55. The molecule has 1 saturated carbocycles. The lowest BCUT2D eigenvalue weighted by Crippen LogP contribution is -2.66. The van der Waals surface area contributed by atoms with Crippen molar-refractivity contribution in [3.05, 3.63) is 47.1 Å².